The summed E-state index contributed by atoms with van der Waals surface area (Å²) in [7, 11) is 1.54. The van der Waals surface area contributed by atoms with Gasteiger partial charge in [-0.3, -0.25) is 0 Å². The van der Waals surface area contributed by atoms with Crippen LogP contribution in [0.5, 0.6) is 5.75 Å². The van der Waals surface area contributed by atoms with E-state index >= 15 is 0 Å². The lowest BCUT2D eigenvalue weighted by Crippen LogP contribution is -1.91. The molecule has 0 aliphatic carbocycles. The summed E-state index contributed by atoms with van der Waals surface area (Å²) < 4.78 is 17.8. The van der Waals surface area contributed by atoms with Gasteiger partial charge in [-0.15, -0.1) is 0 Å². The highest BCUT2D eigenvalue weighted by Crippen LogP contribution is 2.26. The molecule has 0 aliphatic heterocycles. The van der Waals surface area contributed by atoms with Crippen molar-refractivity contribution in [3.63, 3.8) is 0 Å². The summed E-state index contributed by atoms with van der Waals surface area (Å²) in [5, 5.41) is 0. The fourth-order valence-corrected chi connectivity index (χ4v) is 0.995. The molecule has 1 nitrogen and oxygen atoms in total. The van der Waals surface area contributed by atoms with Crippen molar-refractivity contribution < 1.29 is 9.13 Å². The third-order valence-corrected chi connectivity index (χ3v) is 1.57. The van der Waals surface area contributed by atoms with Gasteiger partial charge in [0.1, 0.15) is 11.9 Å². The molecule has 1 aromatic rings. The van der Waals surface area contributed by atoms with Gasteiger partial charge in [0.25, 0.3) is 0 Å². The minimum Gasteiger partial charge on any atom is -0.496 e. The molecular formula is C9H11FO. The third kappa shape index (κ3) is 1.70. The Morgan fingerprint density at radius 3 is 2.45 bits per heavy atom. The van der Waals surface area contributed by atoms with Gasteiger partial charge in [-0.1, -0.05) is 18.2 Å². The Hall–Kier alpha value is -1.05. The maximum atomic E-state index is 12.8. The second kappa shape index (κ2) is 3.37. The van der Waals surface area contributed by atoms with E-state index in [1.807, 2.05) is 6.07 Å². The molecule has 0 spiro atoms. The largest absolute Gasteiger partial charge is 0.496 e. The zero-order valence-electron chi connectivity index (χ0n) is 6.67. The standard InChI is InChI=1S/C9H11FO/c1-7(10)8-5-3-4-6-9(8)11-2/h3-7H,1-2H3/t7-/m0/s1. The Morgan fingerprint density at radius 2 is 2.00 bits per heavy atom. The predicted molar refractivity (Wildman–Crippen MR) is 42.5 cm³/mol. The number of rotatable bonds is 2. The first-order valence-corrected chi connectivity index (χ1v) is 3.52. The highest BCUT2D eigenvalue weighted by molar-refractivity contribution is 5.34. The Balaban J connectivity index is 3.02. The summed E-state index contributed by atoms with van der Waals surface area (Å²) in [6, 6.07) is 7.10. The lowest BCUT2D eigenvalue weighted by atomic mass is 10.1. The van der Waals surface area contributed by atoms with Gasteiger partial charge in [0.15, 0.2) is 0 Å². The van der Waals surface area contributed by atoms with Crippen molar-refractivity contribution in [3.8, 4) is 5.75 Å². The maximum absolute atomic E-state index is 12.8. The number of hydrogen-bond acceptors (Lipinski definition) is 1. The van der Waals surface area contributed by atoms with Gasteiger partial charge in [0, 0.05) is 5.56 Å². The molecule has 1 rings (SSSR count). The van der Waals surface area contributed by atoms with Crippen molar-refractivity contribution in [2.24, 2.45) is 0 Å². The normalized spacial score (nSPS) is 12.6. The predicted octanol–water partition coefficient (Wildman–Crippen LogP) is 2.73. The highest BCUT2D eigenvalue weighted by Gasteiger charge is 2.07. The monoisotopic (exact) mass is 154 g/mol. The molecular weight excluding hydrogens is 143 g/mol. The number of ether oxygens (including phenoxy) is 1. The van der Waals surface area contributed by atoms with E-state index < -0.39 is 6.17 Å². The van der Waals surface area contributed by atoms with E-state index in [1.54, 1.807) is 25.3 Å². The zero-order valence-corrected chi connectivity index (χ0v) is 6.67. The summed E-state index contributed by atoms with van der Waals surface area (Å²) in [6.07, 6.45) is -0.967. The van der Waals surface area contributed by atoms with E-state index in [2.05, 4.69) is 0 Å². The fourth-order valence-electron chi connectivity index (χ4n) is 0.995. The van der Waals surface area contributed by atoms with Crippen LogP contribution in [0, 0.1) is 0 Å². The van der Waals surface area contributed by atoms with Gasteiger partial charge in [0.2, 0.25) is 0 Å². The van der Waals surface area contributed by atoms with Crippen molar-refractivity contribution in [2.75, 3.05) is 7.11 Å². The quantitative estimate of drug-likeness (QED) is 0.636. The molecule has 0 aromatic heterocycles. The summed E-state index contributed by atoms with van der Waals surface area (Å²) in [6.45, 7) is 1.50. The molecule has 0 saturated heterocycles. The number of hydrogen-bond donors (Lipinski definition) is 0. The third-order valence-electron chi connectivity index (χ3n) is 1.57. The lowest BCUT2D eigenvalue weighted by molar-refractivity contribution is 0.346. The smallest absolute Gasteiger partial charge is 0.126 e. The number of para-hydroxylation sites is 1. The zero-order chi connectivity index (χ0) is 8.27. The first kappa shape index (κ1) is 8.05. The average molecular weight is 154 g/mol. The molecule has 0 bridgehead atoms. The summed E-state index contributed by atoms with van der Waals surface area (Å²) in [5.41, 5.74) is 0.606. The second-order valence-corrected chi connectivity index (χ2v) is 2.36. The van der Waals surface area contributed by atoms with Gasteiger partial charge in [-0.2, -0.15) is 0 Å². The van der Waals surface area contributed by atoms with Crippen molar-refractivity contribution in [3.05, 3.63) is 29.8 Å². The summed E-state index contributed by atoms with van der Waals surface area (Å²) in [4.78, 5) is 0. The topological polar surface area (TPSA) is 9.23 Å². The van der Waals surface area contributed by atoms with Crippen LogP contribution in [0.15, 0.2) is 24.3 Å². The first-order valence-electron chi connectivity index (χ1n) is 3.52. The van der Waals surface area contributed by atoms with Gasteiger partial charge in [-0.05, 0) is 13.0 Å². The Labute approximate surface area is 65.8 Å². The van der Waals surface area contributed by atoms with E-state index in [-0.39, 0.29) is 0 Å². The van der Waals surface area contributed by atoms with Crippen LogP contribution >= 0.6 is 0 Å². The van der Waals surface area contributed by atoms with Crippen molar-refractivity contribution >= 4 is 0 Å². The maximum Gasteiger partial charge on any atom is 0.126 e. The average Bonchev–Trinajstić information content (AvgIpc) is 2.04. The number of alkyl halides is 1. The molecule has 0 amide bonds. The molecule has 2 heteroatoms. The molecule has 0 heterocycles. The molecule has 60 valence electrons. The van der Waals surface area contributed by atoms with Crippen molar-refractivity contribution in [1.29, 1.82) is 0 Å². The van der Waals surface area contributed by atoms with Gasteiger partial charge in [-0.25, -0.2) is 4.39 Å². The SMILES string of the molecule is COc1ccccc1[C@H](C)F. The molecule has 0 N–H and O–H groups in total. The molecule has 0 saturated carbocycles. The number of methoxy groups -OCH3 is 1. The van der Waals surface area contributed by atoms with E-state index in [1.165, 1.54) is 6.92 Å². The molecule has 1 aromatic carbocycles. The lowest BCUT2D eigenvalue weighted by Gasteiger charge is -2.07. The summed E-state index contributed by atoms with van der Waals surface area (Å²) in [5.74, 6) is 0.613. The Kier molecular flexibility index (Phi) is 2.47. The Morgan fingerprint density at radius 1 is 1.36 bits per heavy atom. The van der Waals surface area contributed by atoms with E-state index in [0.717, 1.165) is 0 Å². The van der Waals surface area contributed by atoms with Crippen LogP contribution in [0.2, 0.25) is 0 Å². The van der Waals surface area contributed by atoms with Gasteiger partial charge < -0.3 is 4.74 Å². The van der Waals surface area contributed by atoms with Crippen LogP contribution in [0.3, 0.4) is 0 Å². The van der Waals surface area contributed by atoms with Crippen molar-refractivity contribution in [2.45, 2.75) is 13.1 Å². The number of halogens is 1. The van der Waals surface area contributed by atoms with Crippen LogP contribution in [-0.4, -0.2) is 7.11 Å². The van der Waals surface area contributed by atoms with Crippen LogP contribution in [0.1, 0.15) is 18.7 Å². The van der Waals surface area contributed by atoms with Gasteiger partial charge in [0.05, 0.1) is 7.11 Å². The highest BCUT2D eigenvalue weighted by atomic mass is 19.1. The molecule has 1 atom stereocenters. The van der Waals surface area contributed by atoms with E-state index in [0.29, 0.717) is 11.3 Å². The minimum absolute atomic E-state index is 0.606. The first-order chi connectivity index (χ1) is 5.25. The van der Waals surface area contributed by atoms with Gasteiger partial charge >= 0.3 is 0 Å². The van der Waals surface area contributed by atoms with Crippen LogP contribution < -0.4 is 4.74 Å². The molecule has 0 radical (unpaired) electrons. The second-order valence-electron chi connectivity index (χ2n) is 2.36. The van der Waals surface area contributed by atoms with E-state index in [9.17, 15) is 4.39 Å². The molecule has 0 unspecified atom stereocenters. The molecule has 0 aliphatic rings. The minimum atomic E-state index is -0.967. The van der Waals surface area contributed by atoms with Crippen LogP contribution in [0.4, 0.5) is 4.39 Å². The van der Waals surface area contributed by atoms with Crippen LogP contribution in [-0.2, 0) is 0 Å². The number of benzene rings is 1. The van der Waals surface area contributed by atoms with E-state index in [4.69, 9.17) is 4.74 Å². The molecule has 11 heavy (non-hydrogen) atoms. The van der Waals surface area contributed by atoms with Crippen LogP contribution in [0.25, 0.3) is 0 Å². The van der Waals surface area contributed by atoms with Crippen molar-refractivity contribution in [1.82, 2.24) is 0 Å². The molecule has 0 fully saturated rings. The Bertz CT molecular complexity index is 233. The fraction of sp³-hybridized carbons (Fsp3) is 0.333. The summed E-state index contributed by atoms with van der Waals surface area (Å²) >= 11 is 0.